The summed E-state index contributed by atoms with van der Waals surface area (Å²) in [6.07, 6.45) is -3.45. The van der Waals surface area contributed by atoms with Crippen LogP contribution in [0.1, 0.15) is 86.5 Å². The van der Waals surface area contributed by atoms with Gasteiger partial charge in [0.25, 0.3) is 0 Å². The molecule has 3 aromatic carbocycles. The lowest BCUT2D eigenvalue weighted by Gasteiger charge is -2.25. The highest BCUT2D eigenvalue weighted by Gasteiger charge is 2.22. The maximum Gasteiger partial charge on any atom is 0.338 e. The van der Waals surface area contributed by atoms with E-state index in [4.69, 9.17) is 48.1 Å². The number of carbonyl (C=O) groups excluding carboxylic acids is 3. The van der Waals surface area contributed by atoms with Crippen molar-refractivity contribution in [2.75, 3.05) is 101 Å². The van der Waals surface area contributed by atoms with Gasteiger partial charge in [0.15, 0.2) is 0 Å². The number of aliphatic hydroxyl groups excluding tert-OH is 6. The molecular formula is C50H82O17. The van der Waals surface area contributed by atoms with Crippen LogP contribution in [0.2, 0.25) is 0 Å². The fourth-order valence-electron chi connectivity index (χ4n) is 4.84. The van der Waals surface area contributed by atoms with E-state index in [1.165, 1.54) is 7.11 Å². The Morgan fingerprint density at radius 3 is 0.821 bits per heavy atom. The Bertz CT molecular complexity index is 1510. The molecule has 4 unspecified atom stereocenters. The van der Waals surface area contributed by atoms with Crippen molar-refractivity contribution in [2.24, 2.45) is 10.8 Å². The van der Waals surface area contributed by atoms with Gasteiger partial charge in [0.1, 0.15) is 44.2 Å². The summed E-state index contributed by atoms with van der Waals surface area (Å²) in [4.78, 5) is 35.5. The Balaban J connectivity index is -0.00000109. The van der Waals surface area contributed by atoms with Gasteiger partial charge in [-0.2, -0.15) is 0 Å². The van der Waals surface area contributed by atoms with Crippen LogP contribution in [0.25, 0.3) is 0 Å². The Hall–Kier alpha value is -4.37. The van der Waals surface area contributed by atoms with Crippen molar-refractivity contribution in [3.05, 3.63) is 108 Å². The average molecular weight is 955 g/mol. The average Bonchev–Trinajstić information content (AvgIpc) is 3.35. The number of hydrogen-bond acceptors (Lipinski definition) is 17. The van der Waals surface area contributed by atoms with Gasteiger partial charge in [-0.25, -0.2) is 14.4 Å². The summed E-state index contributed by atoms with van der Waals surface area (Å²) in [6, 6.07) is 25.7. The second kappa shape index (κ2) is 42.9. The number of aliphatic hydroxyl groups is 6. The van der Waals surface area contributed by atoms with Gasteiger partial charge in [-0.15, -0.1) is 0 Å². The minimum absolute atomic E-state index is 0.00353. The number of hydrogen-bond donors (Lipinski definition) is 6. The summed E-state index contributed by atoms with van der Waals surface area (Å²) in [5, 5.41) is 53.3. The lowest BCUT2D eigenvalue weighted by atomic mass is 9.96. The molecule has 0 aliphatic heterocycles. The zero-order valence-electron chi connectivity index (χ0n) is 41.6. The minimum Gasteiger partial charge on any atom is -0.459 e. The predicted molar refractivity (Wildman–Crippen MR) is 256 cm³/mol. The quantitative estimate of drug-likeness (QED) is 0.0434. The third kappa shape index (κ3) is 36.4. The highest BCUT2D eigenvalue weighted by molar-refractivity contribution is 5.90. The smallest absolute Gasteiger partial charge is 0.338 e. The summed E-state index contributed by atoms with van der Waals surface area (Å²) < 4.78 is 42.0. The molecule has 67 heavy (non-hydrogen) atoms. The third-order valence-electron chi connectivity index (χ3n) is 7.82. The molecule has 4 atom stereocenters. The van der Waals surface area contributed by atoms with Gasteiger partial charge in [0.05, 0.1) is 76.2 Å². The normalized spacial score (nSPS) is 12.3. The summed E-state index contributed by atoms with van der Waals surface area (Å²) in [5.41, 5.74) is 0.602. The molecule has 0 heterocycles. The molecule has 17 nitrogen and oxygen atoms in total. The second-order valence-corrected chi connectivity index (χ2v) is 15.4. The number of methoxy groups -OCH3 is 1. The molecule has 0 bridgehead atoms. The molecule has 0 spiro atoms. The van der Waals surface area contributed by atoms with Gasteiger partial charge in [0, 0.05) is 32.2 Å². The number of rotatable bonds is 27. The van der Waals surface area contributed by atoms with E-state index >= 15 is 0 Å². The molecule has 6 N–H and O–H groups in total. The van der Waals surface area contributed by atoms with Gasteiger partial charge in [-0.05, 0) is 36.4 Å². The van der Waals surface area contributed by atoms with Gasteiger partial charge in [0.2, 0.25) is 0 Å². The van der Waals surface area contributed by atoms with E-state index in [1.54, 1.807) is 84.9 Å². The van der Waals surface area contributed by atoms with E-state index in [-0.39, 0.29) is 76.9 Å². The van der Waals surface area contributed by atoms with Crippen LogP contribution in [0.5, 0.6) is 0 Å². The van der Waals surface area contributed by atoms with Crippen LogP contribution < -0.4 is 0 Å². The van der Waals surface area contributed by atoms with Crippen LogP contribution in [0.4, 0.5) is 0 Å². The van der Waals surface area contributed by atoms with E-state index in [0.29, 0.717) is 29.9 Å². The number of esters is 3. The molecule has 0 aliphatic rings. The topological polar surface area (TPSA) is 246 Å². The molecule has 0 amide bonds. The molecule has 0 aliphatic carbocycles. The van der Waals surface area contributed by atoms with Crippen molar-refractivity contribution in [1.29, 1.82) is 0 Å². The fourth-order valence-corrected chi connectivity index (χ4v) is 4.84. The maximum absolute atomic E-state index is 11.9. The summed E-state index contributed by atoms with van der Waals surface area (Å²) >= 11 is 0. The van der Waals surface area contributed by atoms with E-state index in [2.05, 4.69) is 0 Å². The van der Waals surface area contributed by atoms with Crippen molar-refractivity contribution in [1.82, 2.24) is 0 Å². The number of benzene rings is 3. The lowest BCUT2D eigenvalue weighted by molar-refractivity contribution is -0.0621. The van der Waals surface area contributed by atoms with Crippen LogP contribution in [-0.2, 0) is 37.9 Å². The van der Waals surface area contributed by atoms with Crippen molar-refractivity contribution >= 4 is 17.9 Å². The molecule has 0 fully saturated rings. The predicted octanol–water partition coefficient (Wildman–Crippen LogP) is 5.02. The first-order valence-corrected chi connectivity index (χ1v) is 22.2. The molecule has 3 rings (SSSR count). The summed E-state index contributed by atoms with van der Waals surface area (Å²) in [6.45, 7) is 17.1. The van der Waals surface area contributed by atoms with Gasteiger partial charge < -0.3 is 68.5 Å². The van der Waals surface area contributed by atoms with Crippen LogP contribution in [0.3, 0.4) is 0 Å². The summed E-state index contributed by atoms with van der Waals surface area (Å²) in [5.74, 6) is -1.49. The van der Waals surface area contributed by atoms with Crippen molar-refractivity contribution < 1.29 is 82.9 Å². The lowest BCUT2D eigenvalue weighted by Crippen LogP contribution is -2.32. The number of carbonyl (C=O) groups is 3. The van der Waals surface area contributed by atoms with Gasteiger partial charge in [-0.1, -0.05) is 110 Å². The standard InChI is InChI=1S/C25H32O8.C19H30O7.2C2H6.2CH4O/c1-25(2,17-30-13-21(26)15-32-23(28)19-9-5-3-6-10-19)18-31-14-22(27)16-33-24(29)20-11-7-4-8-12-20;1-19(2,13-24-10-16(20)9-23-3)14-25-11-17(21)12-26-18(22)15-7-5-4-6-8-15;4*1-2/h3-12,21-22,26-27H,13-18H2,1-2H3;4-8,16-17,20-21H,9-14H2,1-3H3;2*1-2H3;2*2H,1H3. The van der Waals surface area contributed by atoms with Crippen molar-refractivity contribution in [3.8, 4) is 0 Å². The Labute approximate surface area is 398 Å². The van der Waals surface area contributed by atoms with Crippen molar-refractivity contribution in [3.63, 3.8) is 0 Å². The highest BCUT2D eigenvalue weighted by Crippen LogP contribution is 2.18. The number of ether oxygens (including phenoxy) is 8. The van der Waals surface area contributed by atoms with Crippen LogP contribution in [0, 0.1) is 10.8 Å². The molecule has 0 radical (unpaired) electrons. The van der Waals surface area contributed by atoms with E-state index in [9.17, 15) is 34.8 Å². The molecule has 3 aromatic rings. The minimum atomic E-state index is -0.949. The Kier molecular flexibility index (Phi) is 42.9. The zero-order chi connectivity index (χ0) is 51.5. The fraction of sp³-hybridized carbons (Fsp3) is 0.580. The first-order valence-electron chi connectivity index (χ1n) is 22.2. The molecular weight excluding hydrogens is 873 g/mol. The molecule has 0 aromatic heterocycles. The molecule has 0 saturated carbocycles. The van der Waals surface area contributed by atoms with Crippen LogP contribution in [-0.4, -0.2) is 174 Å². The third-order valence-corrected chi connectivity index (χ3v) is 7.82. The van der Waals surface area contributed by atoms with E-state index < -0.39 is 42.3 Å². The van der Waals surface area contributed by atoms with Crippen LogP contribution >= 0.6 is 0 Å². The second-order valence-electron chi connectivity index (χ2n) is 15.4. The highest BCUT2D eigenvalue weighted by atomic mass is 16.6. The largest absolute Gasteiger partial charge is 0.459 e. The van der Waals surface area contributed by atoms with Crippen molar-refractivity contribution in [2.45, 2.75) is 79.8 Å². The maximum atomic E-state index is 11.9. The Morgan fingerprint density at radius 1 is 0.403 bits per heavy atom. The molecule has 17 heteroatoms. The molecule has 384 valence electrons. The van der Waals surface area contributed by atoms with Gasteiger partial charge >= 0.3 is 17.9 Å². The Morgan fingerprint density at radius 2 is 0.612 bits per heavy atom. The van der Waals surface area contributed by atoms with Crippen LogP contribution in [0.15, 0.2) is 91.0 Å². The zero-order valence-corrected chi connectivity index (χ0v) is 41.6. The summed E-state index contributed by atoms with van der Waals surface area (Å²) in [7, 11) is 3.52. The first-order chi connectivity index (χ1) is 32.1. The molecule has 0 saturated heterocycles. The monoisotopic (exact) mass is 955 g/mol. The van der Waals surface area contributed by atoms with E-state index in [0.717, 1.165) is 14.2 Å². The SMILES string of the molecule is CC.CC.CC(C)(COCC(O)COC(=O)c1ccccc1)COCC(O)COC(=O)c1ccccc1.CO.CO.COCC(O)COCC(C)(C)COCC(O)COC(=O)c1ccccc1. The first kappa shape index (κ1) is 66.9. The van der Waals surface area contributed by atoms with E-state index in [1.807, 2.05) is 61.5 Å². The van der Waals surface area contributed by atoms with Gasteiger partial charge in [-0.3, -0.25) is 0 Å².